The van der Waals surface area contributed by atoms with Gasteiger partial charge in [0.05, 0.1) is 4.90 Å². The Morgan fingerprint density at radius 1 is 1.19 bits per heavy atom. The number of halogens is 2. The maximum absolute atomic E-state index is 6.18. The summed E-state index contributed by atoms with van der Waals surface area (Å²) >= 11 is 11.4. The lowest BCUT2D eigenvalue weighted by Crippen LogP contribution is -1.79. The second-order valence-electron chi connectivity index (χ2n) is 4.80. The van der Waals surface area contributed by atoms with Gasteiger partial charge >= 0.3 is 0 Å². The van der Waals surface area contributed by atoms with Crippen LogP contribution in [-0.4, -0.2) is 5.75 Å². The predicted molar refractivity (Wildman–Crippen MR) is 95.5 cm³/mol. The zero-order valence-corrected chi connectivity index (χ0v) is 14.9. The maximum Gasteiger partial charge on any atom is 0.148 e. The molecule has 2 aromatic carbocycles. The molecular weight excluding hydrogens is 368 g/mol. The van der Waals surface area contributed by atoms with E-state index in [2.05, 4.69) is 41.9 Å². The standard InChI is InChI=1S/C17H14BrClOS/c1-3-21-17-14-9-12(18)8-10(2)15(14)20-16(17)11-4-6-13(19)7-5-11/h4-9H,3H2,1-2H3. The maximum atomic E-state index is 6.18. The molecule has 3 rings (SSSR count). The summed E-state index contributed by atoms with van der Waals surface area (Å²) in [5.41, 5.74) is 3.15. The van der Waals surface area contributed by atoms with E-state index in [9.17, 15) is 0 Å². The Kier molecular flexibility index (Phi) is 4.34. The first-order valence-electron chi connectivity index (χ1n) is 6.71. The highest BCUT2D eigenvalue weighted by Gasteiger charge is 2.17. The van der Waals surface area contributed by atoms with E-state index >= 15 is 0 Å². The molecule has 0 spiro atoms. The van der Waals surface area contributed by atoms with Gasteiger partial charge in [-0.2, -0.15) is 0 Å². The van der Waals surface area contributed by atoms with Crippen LogP contribution in [-0.2, 0) is 0 Å². The molecule has 0 aliphatic rings. The first-order chi connectivity index (χ1) is 10.1. The van der Waals surface area contributed by atoms with Crippen molar-refractivity contribution in [3.8, 4) is 11.3 Å². The molecule has 21 heavy (non-hydrogen) atoms. The Labute approximate surface area is 141 Å². The van der Waals surface area contributed by atoms with Crippen molar-refractivity contribution < 1.29 is 4.42 Å². The summed E-state index contributed by atoms with van der Waals surface area (Å²) in [6, 6.07) is 12.0. The van der Waals surface area contributed by atoms with Crippen molar-refractivity contribution in [1.29, 1.82) is 0 Å². The quantitative estimate of drug-likeness (QED) is 0.456. The first-order valence-corrected chi connectivity index (χ1v) is 8.87. The van der Waals surface area contributed by atoms with Crippen LogP contribution < -0.4 is 0 Å². The van der Waals surface area contributed by atoms with E-state index in [-0.39, 0.29) is 0 Å². The molecule has 0 saturated heterocycles. The molecule has 0 fully saturated rings. The van der Waals surface area contributed by atoms with Crippen molar-refractivity contribution >= 4 is 50.3 Å². The molecule has 1 nitrogen and oxygen atoms in total. The molecule has 1 heterocycles. The summed E-state index contributed by atoms with van der Waals surface area (Å²) in [4.78, 5) is 1.19. The van der Waals surface area contributed by atoms with Crippen LogP contribution in [0.1, 0.15) is 12.5 Å². The minimum atomic E-state index is 0.735. The Balaban J connectivity index is 2.28. The number of benzene rings is 2. The summed E-state index contributed by atoms with van der Waals surface area (Å²) in [6.07, 6.45) is 0. The fourth-order valence-electron chi connectivity index (χ4n) is 2.38. The number of rotatable bonds is 3. The van der Waals surface area contributed by atoms with Gasteiger partial charge in [-0.25, -0.2) is 0 Å². The second kappa shape index (κ2) is 6.07. The van der Waals surface area contributed by atoms with Gasteiger partial charge in [0.2, 0.25) is 0 Å². The van der Waals surface area contributed by atoms with E-state index in [0.29, 0.717) is 0 Å². The van der Waals surface area contributed by atoms with E-state index < -0.39 is 0 Å². The van der Waals surface area contributed by atoms with Crippen LogP contribution in [0.3, 0.4) is 0 Å². The van der Waals surface area contributed by atoms with Crippen LogP contribution in [0.2, 0.25) is 5.02 Å². The van der Waals surface area contributed by atoms with E-state index in [1.807, 2.05) is 24.3 Å². The zero-order valence-electron chi connectivity index (χ0n) is 11.7. The van der Waals surface area contributed by atoms with Crippen molar-refractivity contribution in [3.05, 3.63) is 51.5 Å². The molecule has 3 aromatic rings. The molecule has 1 aromatic heterocycles. The number of hydrogen-bond donors (Lipinski definition) is 0. The van der Waals surface area contributed by atoms with Gasteiger partial charge in [-0.15, -0.1) is 11.8 Å². The number of fused-ring (bicyclic) bond motifs is 1. The van der Waals surface area contributed by atoms with Gasteiger partial charge in [0.25, 0.3) is 0 Å². The van der Waals surface area contributed by atoms with Crippen molar-refractivity contribution in [2.75, 3.05) is 5.75 Å². The summed E-state index contributed by atoms with van der Waals surface area (Å²) in [6.45, 7) is 4.22. The number of aryl methyl sites for hydroxylation is 1. The Bertz CT molecular complexity index is 793. The third kappa shape index (κ3) is 2.87. The van der Waals surface area contributed by atoms with E-state index in [1.165, 1.54) is 10.3 Å². The highest BCUT2D eigenvalue weighted by atomic mass is 79.9. The van der Waals surface area contributed by atoms with Gasteiger partial charge < -0.3 is 4.42 Å². The van der Waals surface area contributed by atoms with Gasteiger partial charge in [-0.05, 0) is 54.6 Å². The van der Waals surface area contributed by atoms with Crippen LogP contribution >= 0.6 is 39.3 Å². The average molecular weight is 382 g/mol. The van der Waals surface area contributed by atoms with Crippen LogP contribution in [0, 0.1) is 6.92 Å². The van der Waals surface area contributed by atoms with Gasteiger partial charge in [-0.1, -0.05) is 34.5 Å². The lowest BCUT2D eigenvalue weighted by atomic mass is 10.1. The van der Waals surface area contributed by atoms with E-state index in [4.69, 9.17) is 16.0 Å². The average Bonchev–Trinajstić information content (AvgIpc) is 2.80. The van der Waals surface area contributed by atoms with Gasteiger partial charge in [0.15, 0.2) is 0 Å². The van der Waals surface area contributed by atoms with Gasteiger partial charge in [0.1, 0.15) is 11.3 Å². The Hall–Kier alpha value is -0.900. The predicted octanol–water partition coefficient (Wildman–Crippen LogP) is 6.94. The van der Waals surface area contributed by atoms with Crippen LogP contribution in [0.15, 0.2) is 50.2 Å². The summed E-state index contributed by atoms with van der Waals surface area (Å²) < 4.78 is 7.26. The monoisotopic (exact) mass is 380 g/mol. The smallest absolute Gasteiger partial charge is 0.148 e. The lowest BCUT2D eigenvalue weighted by molar-refractivity contribution is 0.622. The molecule has 0 unspecified atom stereocenters. The van der Waals surface area contributed by atoms with Crippen LogP contribution in [0.5, 0.6) is 0 Å². The lowest BCUT2D eigenvalue weighted by Gasteiger charge is -2.02. The molecule has 0 saturated carbocycles. The largest absolute Gasteiger partial charge is 0.455 e. The van der Waals surface area contributed by atoms with E-state index in [1.54, 1.807) is 11.8 Å². The molecule has 0 aliphatic carbocycles. The normalized spacial score (nSPS) is 11.2. The number of thioether (sulfide) groups is 1. The fraction of sp³-hybridized carbons (Fsp3) is 0.176. The van der Waals surface area contributed by atoms with Crippen molar-refractivity contribution in [1.82, 2.24) is 0 Å². The minimum absolute atomic E-state index is 0.735. The topological polar surface area (TPSA) is 13.1 Å². The summed E-state index contributed by atoms with van der Waals surface area (Å²) in [5.74, 6) is 1.93. The van der Waals surface area contributed by atoms with Crippen molar-refractivity contribution in [2.24, 2.45) is 0 Å². The molecule has 108 valence electrons. The van der Waals surface area contributed by atoms with Crippen molar-refractivity contribution in [2.45, 2.75) is 18.7 Å². The zero-order chi connectivity index (χ0) is 15.0. The molecule has 0 aliphatic heterocycles. The number of hydrogen-bond acceptors (Lipinski definition) is 2. The third-order valence-electron chi connectivity index (χ3n) is 3.29. The van der Waals surface area contributed by atoms with E-state index in [0.717, 1.165) is 37.7 Å². The van der Waals surface area contributed by atoms with Gasteiger partial charge in [-0.3, -0.25) is 0 Å². The minimum Gasteiger partial charge on any atom is -0.455 e. The molecule has 0 atom stereocenters. The molecule has 4 heteroatoms. The SMILES string of the molecule is CCSc1c(-c2ccc(Cl)cc2)oc2c(C)cc(Br)cc12. The molecule has 0 radical (unpaired) electrons. The second-order valence-corrected chi connectivity index (χ2v) is 7.43. The molecular formula is C17H14BrClOS. The number of furan rings is 1. The first kappa shape index (κ1) is 15.0. The highest BCUT2D eigenvalue weighted by molar-refractivity contribution is 9.10. The molecule has 0 amide bonds. The highest BCUT2D eigenvalue weighted by Crippen LogP contribution is 2.42. The van der Waals surface area contributed by atoms with Crippen molar-refractivity contribution in [3.63, 3.8) is 0 Å². The Morgan fingerprint density at radius 3 is 2.57 bits per heavy atom. The van der Waals surface area contributed by atoms with Gasteiger partial charge in [0, 0.05) is 20.4 Å². The van der Waals surface area contributed by atoms with Crippen LogP contribution in [0.4, 0.5) is 0 Å². The third-order valence-corrected chi connectivity index (χ3v) is 4.98. The summed E-state index contributed by atoms with van der Waals surface area (Å²) in [5, 5.41) is 1.90. The Morgan fingerprint density at radius 2 is 1.90 bits per heavy atom. The fourth-order valence-corrected chi connectivity index (χ4v) is 3.97. The molecule has 0 bridgehead atoms. The summed E-state index contributed by atoms with van der Waals surface area (Å²) in [7, 11) is 0. The van der Waals surface area contributed by atoms with Crippen LogP contribution in [0.25, 0.3) is 22.3 Å². The molecule has 0 N–H and O–H groups in total.